The van der Waals surface area contributed by atoms with Crippen LogP contribution < -0.4 is 10.2 Å². The molecule has 0 unspecified atom stereocenters. The van der Waals surface area contributed by atoms with E-state index in [0.29, 0.717) is 11.3 Å². The lowest BCUT2D eigenvalue weighted by Crippen LogP contribution is -2.32. The minimum absolute atomic E-state index is 0.142. The second-order valence-corrected chi connectivity index (χ2v) is 5.12. The molecule has 0 saturated carbocycles. The first kappa shape index (κ1) is 13.5. The second kappa shape index (κ2) is 6.35. The number of carbonyl (C=O) groups is 1. The largest absolute Gasteiger partial charge is 0.356 e. The van der Waals surface area contributed by atoms with Crippen LogP contribution >= 0.6 is 0 Å². The summed E-state index contributed by atoms with van der Waals surface area (Å²) in [5, 5.41) is 2.87. The number of amides is 1. The molecule has 0 atom stereocenters. The molecule has 5 heteroatoms. The van der Waals surface area contributed by atoms with Crippen LogP contribution in [-0.2, 0) is 0 Å². The predicted octanol–water partition coefficient (Wildman–Crippen LogP) is 2.72. The lowest BCUT2D eigenvalue weighted by molar-refractivity contribution is 0.102. The van der Waals surface area contributed by atoms with Gasteiger partial charge in [-0.1, -0.05) is 0 Å². The van der Waals surface area contributed by atoms with Crippen LogP contribution in [0.5, 0.6) is 0 Å². The summed E-state index contributed by atoms with van der Waals surface area (Å²) in [5.74, 6) is 0.635. The van der Waals surface area contributed by atoms with Crippen molar-refractivity contribution in [3.8, 4) is 0 Å². The first-order valence-electron chi connectivity index (χ1n) is 7.26. The van der Waals surface area contributed by atoms with Gasteiger partial charge in [-0.25, -0.2) is 4.98 Å². The molecule has 5 nitrogen and oxygen atoms in total. The van der Waals surface area contributed by atoms with Crippen molar-refractivity contribution < 1.29 is 4.79 Å². The molecule has 0 bridgehead atoms. The van der Waals surface area contributed by atoms with Gasteiger partial charge in [0, 0.05) is 25.5 Å². The number of nitrogens with zero attached hydrogens (tertiary/aromatic N) is 3. The van der Waals surface area contributed by atoms with Crippen LogP contribution in [0.15, 0.2) is 42.9 Å². The van der Waals surface area contributed by atoms with Gasteiger partial charge < -0.3 is 10.2 Å². The molecule has 0 radical (unpaired) electrons. The molecule has 2 aromatic heterocycles. The van der Waals surface area contributed by atoms with Crippen LogP contribution in [-0.4, -0.2) is 29.0 Å². The van der Waals surface area contributed by atoms with Crippen LogP contribution in [0, 0.1) is 0 Å². The number of rotatable bonds is 3. The Balaban J connectivity index is 1.82. The average molecular weight is 282 g/mol. The summed E-state index contributed by atoms with van der Waals surface area (Å²) in [6.07, 6.45) is 8.61. The van der Waals surface area contributed by atoms with Crippen molar-refractivity contribution in [3.63, 3.8) is 0 Å². The summed E-state index contributed by atoms with van der Waals surface area (Å²) in [5.41, 5.74) is 1.30. The van der Waals surface area contributed by atoms with Gasteiger partial charge in [0.25, 0.3) is 5.91 Å². The Morgan fingerprint density at radius 2 is 1.90 bits per heavy atom. The third kappa shape index (κ3) is 3.18. The Bertz CT molecular complexity index is 609. The fourth-order valence-corrected chi connectivity index (χ4v) is 2.57. The minimum atomic E-state index is -0.142. The van der Waals surface area contributed by atoms with Crippen molar-refractivity contribution in [2.45, 2.75) is 19.3 Å². The summed E-state index contributed by atoms with van der Waals surface area (Å²) in [6.45, 7) is 1.92. The molecule has 0 aromatic carbocycles. The highest BCUT2D eigenvalue weighted by atomic mass is 16.1. The number of pyridine rings is 2. The van der Waals surface area contributed by atoms with Gasteiger partial charge in [0.15, 0.2) is 0 Å². The molecule has 0 aliphatic carbocycles. The van der Waals surface area contributed by atoms with E-state index in [1.165, 1.54) is 6.42 Å². The van der Waals surface area contributed by atoms with E-state index in [1.807, 2.05) is 12.1 Å². The molecule has 108 valence electrons. The van der Waals surface area contributed by atoms with Crippen molar-refractivity contribution in [2.75, 3.05) is 23.3 Å². The van der Waals surface area contributed by atoms with Gasteiger partial charge in [-0.05, 0) is 43.5 Å². The zero-order valence-electron chi connectivity index (χ0n) is 11.8. The molecular formula is C16H18N4O. The van der Waals surface area contributed by atoms with Crippen molar-refractivity contribution in [3.05, 3.63) is 48.4 Å². The van der Waals surface area contributed by atoms with Crippen LogP contribution in [0.3, 0.4) is 0 Å². The maximum Gasteiger partial charge on any atom is 0.259 e. The molecule has 2 aromatic rings. The Hall–Kier alpha value is -2.43. The van der Waals surface area contributed by atoms with Gasteiger partial charge in [0.2, 0.25) is 0 Å². The van der Waals surface area contributed by atoms with E-state index >= 15 is 0 Å². The van der Waals surface area contributed by atoms with E-state index in [1.54, 1.807) is 30.7 Å². The first-order valence-corrected chi connectivity index (χ1v) is 7.26. The second-order valence-electron chi connectivity index (χ2n) is 5.12. The van der Waals surface area contributed by atoms with E-state index in [4.69, 9.17) is 0 Å². The molecule has 3 heterocycles. The van der Waals surface area contributed by atoms with Gasteiger partial charge in [0.1, 0.15) is 5.82 Å². The van der Waals surface area contributed by atoms with Crippen molar-refractivity contribution in [1.82, 2.24) is 9.97 Å². The number of hydrogen-bond acceptors (Lipinski definition) is 4. The maximum atomic E-state index is 12.5. The van der Waals surface area contributed by atoms with Crippen LogP contribution in [0.25, 0.3) is 0 Å². The highest BCUT2D eigenvalue weighted by Gasteiger charge is 2.19. The summed E-state index contributed by atoms with van der Waals surface area (Å²) < 4.78 is 0. The van der Waals surface area contributed by atoms with E-state index in [2.05, 4.69) is 20.2 Å². The Morgan fingerprint density at radius 1 is 1.10 bits per heavy atom. The monoisotopic (exact) mass is 282 g/mol. The average Bonchev–Trinajstić information content (AvgIpc) is 2.56. The Morgan fingerprint density at radius 3 is 2.67 bits per heavy atom. The normalized spacial score (nSPS) is 14.8. The molecule has 1 aliphatic heterocycles. The topological polar surface area (TPSA) is 58.1 Å². The lowest BCUT2D eigenvalue weighted by Gasteiger charge is -2.29. The Kier molecular flexibility index (Phi) is 4.09. The summed E-state index contributed by atoms with van der Waals surface area (Å²) in [7, 11) is 0. The molecule has 0 spiro atoms. The summed E-state index contributed by atoms with van der Waals surface area (Å²) in [6, 6.07) is 7.24. The molecule has 1 aliphatic rings. The molecule has 1 saturated heterocycles. The van der Waals surface area contributed by atoms with E-state index < -0.39 is 0 Å². The fraction of sp³-hybridized carbons (Fsp3) is 0.312. The predicted molar refractivity (Wildman–Crippen MR) is 82.5 cm³/mol. The Labute approximate surface area is 124 Å². The zero-order valence-corrected chi connectivity index (χ0v) is 11.8. The number of aromatic nitrogens is 2. The van der Waals surface area contributed by atoms with Crippen molar-refractivity contribution >= 4 is 17.4 Å². The van der Waals surface area contributed by atoms with Gasteiger partial charge in [-0.15, -0.1) is 0 Å². The quantitative estimate of drug-likeness (QED) is 0.940. The summed E-state index contributed by atoms with van der Waals surface area (Å²) >= 11 is 0. The number of anilines is 2. The highest BCUT2D eigenvalue weighted by molar-refractivity contribution is 6.07. The number of nitrogens with one attached hydrogen (secondary N) is 1. The van der Waals surface area contributed by atoms with Gasteiger partial charge >= 0.3 is 0 Å². The van der Waals surface area contributed by atoms with E-state index in [0.717, 1.165) is 31.7 Å². The molecule has 1 fully saturated rings. The zero-order chi connectivity index (χ0) is 14.5. The van der Waals surface area contributed by atoms with E-state index in [-0.39, 0.29) is 5.91 Å². The van der Waals surface area contributed by atoms with Crippen molar-refractivity contribution in [1.29, 1.82) is 0 Å². The highest BCUT2D eigenvalue weighted by Crippen LogP contribution is 2.22. The van der Waals surface area contributed by atoms with Crippen LogP contribution in [0.2, 0.25) is 0 Å². The molecule has 21 heavy (non-hydrogen) atoms. The molecule has 3 rings (SSSR count). The molecule has 1 amide bonds. The van der Waals surface area contributed by atoms with Crippen LogP contribution in [0.4, 0.5) is 11.5 Å². The third-order valence-electron chi connectivity index (χ3n) is 3.61. The van der Waals surface area contributed by atoms with Crippen LogP contribution in [0.1, 0.15) is 29.6 Å². The van der Waals surface area contributed by atoms with Gasteiger partial charge in [0.05, 0.1) is 17.4 Å². The van der Waals surface area contributed by atoms with Gasteiger partial charge in [-0.2, -0.15) is 0 Å². The smallest absolute Gasteiger partial charge is 0.259 e. The number of carbonyl (C=O) groups excluding carboxylic acids is 1. The fourth-order valence-electron chi connectivity index (χ4n) is 2.57. The lowest BCUT2D eigenvalue weighted by atomic mass is 10.1. The summed E-state index contributed by atoms with van der Waals surface area (Å²) in [4.78, 5) is 23.1. The maximum absolute atomic E-state index is 12.5. The number of hydrogen-bond donors (Lipinski definition) is 1. The minimum Gasteiger partial charge on any atom is -0.356 e. The molecular weight excluding hydrogens is 264 g/mol. The van der Waals surface area contributed by atoms with Gasteiger partial charge in [-0.3, -0.25) is 9.78 Å². The number of piperidine rings is 1. The van der Waals surface area contributed by atoms with E-state index in [9.17, 15) is 4.79 Å². The standard InChI is InChI=1S/C16H18N4O/c21-16(19-13-6-4-8-17-12-13)14-7-5-9-18-15(14)20-10-2-1-3-11-20/h4-9,12H,1-3,10-11H2,(H,19,21). The third-order valence-corrected chi connectivity index (χ3v) is 3.61. The molecule has 1 N–H and O–H groups in total. The first-order chi connectivity index (χ1) is 10.3. The SMILES string of the molecule is O=C(Nc1cccnc1)c1cccnc1N1CCCCC1. The van der Waals surface area contributed by atoms with Crippen molar-refractivity contribution in [2.24, 2.45) is 0 Å².